The number of benzene rings is 2. The van der Waals surface area contributed by atoms with E-state index in [0.717, 1.165) is 6.42 Å². The average Bonchev–Trinajstić information content (AvgIpc) is 2.30. The molecule has 0 bridgehead atoms. The van der Waals surface area contributed by atoms with Gasteiger partial charge in [-0.15, -0.1) is 0 Å². The minimum Gasteiger partial charge on any atom is -0.0998 e. The minimum absolute atomic E-state index is 0.959. The Morgan fingerprint density at radius 3 is 2.31 bits per heavy atom. The van der Waals surface area contributed by atoms with Crippen molar-refractivity contribution in [1.82, 2.24) is 0 Å². The second-order valence-electron chi connectivity index (χ2n) is 4.20. The van der Waals surface area contributed by atoms with Gasteiger partial charge in [0.1, 0.15) is 0 Å². The van der Waals surface area contributed by atoms with Crippen LogP contribution in [0, 0.1) is 0 Å². The maximum absolute atomic E-state index is 3.95. The summed E-state index contributed by atoms with van der Waals surface area (Å²) in [6, 6.07) is 19.1. The van der Waals surface area contributed by atoms with Gasteiger partial charge in [0, 0.05) is 0 Å². The molecule has 0 saturated heterocycles. The van der Waals surface area contributed by atoms with Gasteiger partial charge in [0.25, 0.3) is 0 Å². The van der Waals surface area contributed by atoms with Crippen LogP contribution in [0.3, 0.4) is 0 Å². The van der Waals surface area contributed by atoms with E-state index >= 15 is 0 Å². The van der Waals surface area contributed by atoms with Crippen LogP contribution in [0.2, 0.25) is 0 Å². The zero-order chi connectivity index (χ0) is 11.4. The molecule has 80 valence electrons. The Kier molecular flexibility index (Phi) is 3.21. The van der Waals surface area contributed by atoms with Crippen molar-refractivity contribution >= 4 is 0 Å². The third-order valence-corrected chi connectivity index (χ3v) is 2.54. The van der Waals surface area contributed by atoms with Crippen molar-refractivity contribution in [2.24, 2.45) is 0 Å². The monoisotopic (exact) mass is 208 g/mol. The van der Waals surface area contributed by atoms with Gasteiger partial charge in [-0.1, -0.05) is 66.7 Å². The number of hydrogen-bond donors (Lipinski definition) is 0. The molecule has 0 heterocycles. The van der Waals surface area contributed by atoms with Gasteiger partial charge < -0.3 is 0 Å². The zero-order valence-electron chi connectivity index (χ0n) is 9.61. The molecule has 0 aromatic heterocycles. The fraction of sp³-hybridized carbons (Fsp3) is 0.125. The average molecular weight is 208 g/mol. The van der Waals surface area contributed by atoms with Crippen molar-refractivity contribution in [3.8, 4) is 11.1 Å². The highest BCUT2D eigenvalue weighted by molar-refractivity contribution is 5.64. The first-order valence-electron chi connectivity index (χ1n) is 5.54. The summed E-state index contributed by atoms with van der Waals surface area (Å²) in [4.78, 5) is 0. The molecule has 0 radical (unpaired) electrons. The van der Waals surface area contributed by atoms with Crippen LogP contribution in [-0.4, -0.2) is 0 Å². The highest BCUT2D eigenvalue weighted by Crippen LogP contribution is 2.20. The first-order valence-corrected chi connectivity index (χ1v) is 5.54. The molecule has 2 aromatic rings. The standard InChI is InChI=1S/C16H16/c1-13(2)11-14-7-6-10-16(12-14)15-8-4-3-5-9-15/h3-10,12H,1,11H2,2H3. The van der Waals surface area contributed by atoms with E-state index in [2.05, 4.69) is 62.0 Å². The topological polar surface area (TPSA) is 0 Å². The van der Waals surface area contributed by atoms with Gasteiger partial charge in [0.15, 0.2) is 0 Å². The largest absolute Gasteiger partial charge is 0.0998 e. The summed E-state index contributed by atoms with van der Waals surface area (Å²) in [7, 11) is 0. The lowest BCUT2D eigenvalue weighted by Gasteiger charge is -2.05. The van der Waals surface area contributed by atoms with Crippen LogP contribution in [0.15, 0.2) is 66.7 Å². The van der Waals surface area contributed by atoms with Gasteiger partial charge in [0.05, 0.1) is 0 Å². The Balaban J connectivity index is 2.33. The highest BCUT2D eigenvalue weighted by atomic mass is 14.0. The molecule has 0 unspecified atom stereocenters. The molecule has 16 heavy (non-hydrogen) atoms. The molecule has 2 aromatic carbocycles. The molecule has 0 spiro atoms. The molecule has 0 nitrogen and oxygen atoms in total. The summed E-state index contributed by atoms with van der Waals surface area (Å²) in [5.74, 6) is 0. The second kappa shape index (κ2) is 4.80. The van der Waals surface area contributed by atoms with Crippen molar-refractivity contribution in [2.75, 3.05) is 0 Å². The van der Waals surface area contributed by atoms with E-state index in [-0.39, 0.29) is 0 Å². The van der Waals surface area contributed by atoms with E-state index in [1.54, 1.807) is 0 Å². The SMILES string of the molecule is C=C(C)Cc1cccc(-c2ccccc2)c1. The number of rotatable bonds is 3. The van der Waals surface area contributed by atoms with E-state index in [9.17, 15) is 0 Å². The number of allylic oxidation sites excluding steroid dienone is 1. The summed E-state index contributed by atoms with van der Waals surface area (Å²) >= 11 is 0. The van der Waals surface area contributed by atoms with Crippen LogP contribution < -0.4 is 0 Å². The van der Waals surface area contributed by atoms with Gasteiger partial charge in [-0.3, -0.25) is 0 Å². The first-order chi connectivity index (χ1) is 7.75. The van der Waals surface area contributed by atoms with Crippen LogP contribution >= 0.6 is 0 Å². The van der Waals surface area contributed by atoms with E-state index in [1.807, 2.05) is 6.07 Å². The fourth-order valence-electron chi connectivity index (χ4n) is 1.84. The molecule has 0 saturated carbocycles. The predicted octanol–water partition coefficient (Wildman–Crippen LogP) is 4.47. The van der Waals surface area contributed by atoms with Gasteiger partial charge >= 0.3 is 0 Å². The van der Waals surface area contributed by atoms with Crippen LogP contribution in [0.25, 0.3) is 11.1 Å². The normalized spacial score (nSPS) is 10.1. The highest BCUT2D eigenvalue weighted by Gasteiger charge is 1.98. The molecule has 0 aliphatic heterocycles. The van der Waals surface area contributed by atoms with Crippen LogP contribution in [0.5, 0.6) is 0 Å². The van der Waals surface area contributed by atoms with E-state index in [4.69, 9.17) is 0 Å². The van der Waals surface area contributed by atoms with Crippen molar-refractivity contribution in [3.05, 3.63) is 72.3 Å². The lowest BCUT2D eigenvalue weighted by atomic mass is 10.0. The van der Waals surface area contributed by atoms with Crippen LogP contribution in [-0.2, 0) is 6.42 Å². The first kappa shape index (κ1) is 10.7. The lowest BCUT2D eigenvalue weighted by Crippen LogP contribution is -1.86. The molecular weight excluding hydrogens is 192 g/mol. The fourth-order valence-corrected chi connectivity index (χ4v) is 1.84. The second-order valence-corrected chi connectivity index (χ2v) is 4.20. The third-order valence-electron chi connectivity index (χ3n) is 2.54. The Hall–Kier alpha value is -1.82. The predicted molar refractivity (Wildman–Crippen MR) is 70.4 cm³/mol. The molecular formula is C16H16. The van der Waals surface area contributed by atoms with Gasteiger partial charge in [-0.25, -0.2) is 0 Å². The summed E-state index contributed by atoms with van der Waals surface area (Å²) < 4.78 is 0. The Bertz CT molecular complexity index is 480. The molecule has 0 fully saturated rings. The minimum atomic E-state index is 0.959. The van der Waals surface area contributed by atoms with Crippen molar-refractivity contribution in [3.63, 3.8) is 0 Å². The Labute approximate surface area is 97.3 Å². The van der Waals surface area contributed by atoms with E-state index < -0.39 is 0 Å². The van der Waals surface area contributed by atoms with Crippen molar-refractivity contribution in [1.29, 1.82) is 0 Å². The Morgan fingerprint density at radius 2 is 1.62 bits per heavy atom. The molecule has 0 atom stereocenters. The lowest BCUT2D eigenvalue weighted by molar-refractivity contribution is 1.16. The molecule has 0 heteroatoms. The molecule has 2 rings (SSSR count). The summed E-state index contributed by atoms with van der Waals surface area (Å²) in [6.07, 6.45) is 0.959. The maximum atomic E-state index is 3.95. The summed E-state index contributed by atoms with van der Waals surface area (Å²) in [6.45, 7) is 6.02. The summed E-state index contributed by atoms with van der Waals surface area (Å²) in [5.41, 5.74) is 5.07. The van der Waals surface area contributed by atoms with E-state index in [1.165, 1.54) is 22.3 Å². The van der Waals surface area contributed by atoms with Crippen LogP contribution in [0.4, 0.5) is 0 Å². The smallest absolute Gasteiger partial charge is 0.00724 e. The third kappa shape index (κ3) is 2.60. The molecule has 0 N–H and O–H groups in total. The van der Waals surface area contributed by atoms with Crippen molar-refractivity contribution < 1.29 is 0 Å². The Morgan fingerprint density at radius 1 is 0.938 bits per heavy atom. The quantitative estimate of drug-likeness (QED) is 0.653. The van der Waals surface area contributed by atoms with Gasteiger partial charge in [-0.2, -0.15) is 0 Å². The number of hydrogen-bond acceptors (Lipinski definition) is 0. The maximum Gasteiger partial charge on any atom is -0.00724 e. The van der Waals surface area contributed by atoms with Crippen LogP contribution in [0.1, 0.15) is 12.5 Å². The molecule has 0 amide bonds. The van der Waals surface area contributed by atoms with Gasteiger partial charge in [0.2, 0.25) is 0 Å². The molecule has 0 aliphatic carbocycles. The van der Waals surface area contributed by atoms with Gasteiger partial charge in [-0.05, 0) is 30.0 Å². The molecule has 0 aliphatic rings. The summed E-state index contributed by atoms with van der Waals surface area (Å²) in [5, 5.41) is 0. The zero-order valence-corrected chi connectivity index (χ0v) is 9.61. The van der Waals surface area contributed by atoms with E-state index in [0.29, 0.717) is 0 Å². The van der Waals surface area contributed by atoms with Crippen molar-refractivity contribution in [2.45, 2.75) is 13.3 Å².